The molecule has 1 aromatic carbocycles. The molecule has 0 radical (unpaired) electrons. The summed E-state index contributed by atoms with van der Waals surface area (Å²) in [5.74, 6) is -3.44. The van der Waals surface area contributed by atoms with Crippen LogP contribution in [0.2, 0.25) is 0 Å². The van der Waals surface area contributed by atoms with Crippen molar-refractivity contribution >= 4 is 5.97 Å². The molecule has 0 atom stereocenters. The number of benzene rings is 1. The molecule has 0 aliphatic heterocycles. The lowest BCUT2D eigenvalue weighted by molar-refractivity contribution is -0.145. The van der Waals surface area contributed by atoms with E-state index < -0.39 is 29.4 Å². The molecule has 0 fully saturated rings. The first-order valence-corrected chi connectivity index (χ1v) is 5.28. The number of carboxylic acids is 1. The van der Waals surface area contributed by atoms with Gasteiger partial charge in [-0.05, 0) is 12.1 Å². The molecular formula is C12H7F3N2O3. The quantitative estimate of drug-likeness (QED) is 0.938. The molecule has 1 heterocycles. The minimum absolute atomic E-state index is 0.168. The van der Waals surface area contributed by atoms with E-state index in [1.807, 2.05) is 0 Å². The van der Waals surface area contributed by atoms with E-state index in [4.69, 9.17) is 9.84 Å². The Balaban J connectivity index is 2.45. The van der Waals surface area contributed by atoms with E-state index in [9.17, 15) is 18.0 Å². The van der Waals surface area contributed by atoms with Crippen molar-refractivity contribution in [2.24, 2.45) is 0 Å². The predicted octanol–water partition coefficient (Wildman–Crippen LogP) is 2.99. The zero-order chi connectivity index (χ0) is 14.8. The number of halogens is 3. The molecule has 0 bridgehead atoms. The van der Waals surface area contributed by atoms with Crippen LogP contribution in [-0.2, 0) is 6.18 Å². The Hall–Kier alpha value is -2.64. The van der Waals surface area contributed by atoms with E-state index in [1.165, 1.54) is 12.1 Å². The summed E-state index contributed by atoms with van der Waals surface area (Å²) in [6.07, 6.45) is -4.22. The van der Waals surface area contributed by atoms with Gasteiger partial charge in [-0.1, -0.05) is 18.2 Å². The van der Waals surface area contributed by atoms with Gasteiger partial charge in [-0.25, -0.2) is 9.78 Å². The summed E-state index contributed by atoms with van der Waals surface area (Å²) in [7, 11) is 0. The van der Waals surface area contributed by atoms with Gasteiger partial charge in [0, 0.05) is 6.20 Å². The molecule has 8 heteroatoms. The molecule has 104 valence electrons. The van der Waals surface area contributed by atoms with Crippen molar-refractivity contribution in [1.29, 1.82) is 0 Å². The molecule has 0 aliphatic rings. The molecule has 5 nitrogen and oxygen atoms in total. The van der Waals surface area contributed by atoms with Crippen molar-refractivity contribution < 1.29 is 27.8 Å². The molecule has 0 aliphatic carbocycles. The van der Waals surface area contributed by atoms with Gasteiger partial charge >= 0.3 is 12.1 Å². The molecule has 0 spiro atoms. The van der Waals surface area contributed by atoms with Crippen molar-refractivity contribution in [2.75, 3.05) is 0 Å². The molecule has 1 N–H and O–H groups in total. The number of aromatic nitrogens is 2. The molecule has 0 amide bonds. The fourth-order valence-electron chi connectivity index (χ4n) is 1.33. The fraction of sp³-hybridized carbons (Fsp3) is 0.0833. The molecule has 0 saturated carbocycles. The largest absolute Gasteiger partial charge is 0.477 e. The maximum atomic E-state index is 12.5. The van der Waals surface area contributed by atoms with Gasteiger partial charge in [-0.15, -0.1) is 0 Å². The van der Waals surface area contributed by atoms with Gasteiger partial charge in [-0.3, -0.25) is 0 Å². The second kappa shape index (κ2) is 5.16. The van der Waals surface area contributed by atoms with Crippen LogP contribution in [0.15, 0.2) is 36.5 Å². The van der Waals surface area contributed by atoms with E-state index in [-0.39, 0.29) is 5.75 Å². The number of hydrogen-bond acceptors (Lipinski definition) is 4. The number of alkyl halides is 3. The lowest BCUT2D eigenvalue weighted by atomic mass is 10.3. The van der Waals surface area contributed by atoms with Crippen molar-refractivity contribution in [3.05, 3.63) is 47.9 Å². The van der Waals surface area contributed by atoms with Gasteiger partial charge in [0.2, 0.25) is 11.7 Å². The number of carbonyl (C=O) groups is 1. The lowest BCUT2D eigenvalue weighted by Crippen LogP contribution is -2.14. The van der Waals surface area contributed by atoms with Crippen LogP contribution in [0, 0.1) is 0 Å². The highest BCUT2D eigenvalue weighted by atomic mass is 19.4. The van der Waals surface area contributed by atoms with E-state index in [2.05, 4.69) is 9.97 Å². The highest BCUT2D eigenvalue weighted by Crippen LogP contribution is 2.30. The molecule has 0 unspecified atom stereocenters. The summed E-state index contributed by atoms with van der Waals surface area (Å²) in [6.45, 7) is 0. The van der Waals surface area contributed by atoms with Gasteiger partial charge in [0.05, 0.1) is 0 Å². The smallest absolute Gasteiger partial charge is 0.451 e. The molecule has 20 heavy (non-hydrogen) atoms. The first kappa shape index (κ1) is 13.8. The van der Waals surface area contributed by atoms with E-state index in [0.717, 1.165) is 0 Å². The maximum absolute atomic E-state index is 12.5. The Morgan fingerprint density at radius 3 is 2.40 bits per heavy atom. The second-order valence-electron chi connectivity index (χ2n) is 3.63. The normalized spacial score (nSPS) is 11.2. The summed E-state index contributed by atoms with van der Waals surface area (Å²) in [6, 6.07) is 7.76. The van der Waals surface area contributed by atoms with Crippen LogP contribution in [0.4, 0.5) is 13.2 Å². The van der Waals surface area contributed by atoms with Crippen molar-refractivity contribution in [2.45, 2.75) is 6.18 Å². The maximum Gasteiger partial charge on any atom is 0.451 e. The highest BCUT2D eigenvalue weighted by molar-refractivity contribution is 5.89. The fourth-order valence-corrected chi connectivity index (χ4v) is 1.33. The van der Waals surface area contributed by atoms with Crippen LogP contribution >= 0.6 is 0 Å². The topological polar surface area (TPSA) is 72.3 Å². The third-order valence-corrected chi connectivity index (χ3v) is 2.20. The van der Waals surface area contributed by atoms with Gasteiger partial charge < -0.3 is 9.84 Å². The lowest BCUT2D eigenvalue weighted by Gasteiger charge is -2.10. The van der Waals surface area contributed by atoms with Gasteiger partial charge in [0.1, 0.15) is 11.3 Å². The van der Waals surface area contributed by atoms with Crippen LogP contribution in [0.3, 0.4) is 0 Å². The van der Waals surface area contributed by atoms with Crippen LogP contribution < -0.4 is 4.74 Å². The summed E-state index contributed by atoms with van der Waals surface area (Å²) >= 11 is 0. The summed E-state index contributed by atoms with van der Waals surface area (Å²) in [5.41, 5.74) is -0.554. The number of aromatic carboxylic acids is 1. The van der Waals surface area contributed by atoms with Crippen molar-refractivity contribution in [1.82, 2.24) is 9.97 Å². The summed E-state index contributed by atoms with van der Waals surface area (Å²) in [5, 5.41) is 8.90. The van der Waals surface area contributed by atoms with Gasteiger partial charge in [-0.2, -0.15) is 18.2 Å². The average Bonchev–Trinajstić information content (AvgIpc) is 2.38. The third-order valence-electron chi connectivity index (χ3n) is 2.20. The summed E-state index contributed by atoms with van der Waals surface area (Å²) < 4.78 is 42.6. The minimum atomic E-state index is -4.79. The second-order valence-corrected chi connectivity index (χ2v) is 3.63. The number of ether oxygens (including phenoxy) is 1. The number of nitrogens with zero attached hydrogens (tertiary/aromatic N) is 2. The van der Waals surface area contributed by atoms with Crippen molar-refractivity contribution in [3.63, 3.8) is 0 Å². The van der Waals surface area contributed by atoms with Gasteiger partial charge in [0.25, 0.3) is 0 Å². The van der Waals surface area contributed by atoms with E-state index in [1.54, 1.807) is 18.2 Å². The Labute approximate surface area is 110 Å². The molecule has 1 aromatic heterocycles. The Bertz CT molecular complexity index is 630. The predicted molar refractivity (Wildman–Crippen MR) is 60.5 cm³/mol. The minimum Gasteiger partial charge on any atom is -0.477 e. The molecular weight excluding hydrogens is 277 g/mol. The van der Waals surface area contributed by atoms with Crippen LogP contribution in [-0.4, -0.2) is 21.0 Å². The van der Waals surface area contributed by atoms with Crippen molar-refractivity contribution in [3.8, 4) is 11.6 Å². The Morgan fingerprint density at radius 2 is 1.85 bits per heavy atom. The average molecular weight is 284 g/mol. The van der Waals surface area contributed by atoms with Crippen LogP contribution in [0.25, 0.3) is 0 Å². The van der Waals surface area contributed by atoms with E-state index >= 15 is 0 Å². The summed E-state index contributed by atoms with van der Waals surface area (Å²) in [4.78, 5) is 17.0. The zero-order valence-electron chi connectivity index (χ0n) is 9.76. The molecule has 2 rings (SSSR count). The standard InChI is InChI=1S/C12H7F3N2O3/c13-12(14,15)11-16-6-8(10(18)19)9(17-11)20-7-4-2-1-3-5-7/h1-6H,(H,18,19). The van der Waals surface area contributed by atoms with E-state index in [0.29, 0.717) is 6.20 Å². The first-order chi connectivity index (χ1) is 9.38. The number of rotatable bonds is 3. The third kappa shape index (κ3) is 3.02. The van der Waals surface area contributed by atoms with Gasteiger partial charge in [0.15, 0.2) is 0 Å². The Kier molecular flexibility index (Phi) is 3.55. The molecule has 2 aromatic rings. The monoisotopic (exact) mass is 284 g/mol. The van der Waals surface area contributed by atoms with Crippen LogP contribution in [0.1, 0.15) is 16.2 Å². The van der Waals surface area contributed by atoms with Crippen LogP contribution in [0.5, 0.6) is 11.6 Å². The zero-order valence-corrected chi connectivity index (χ0v) is 9.76. The highest BCUT2D eigenvalue weighted by Gasteiger charge is 2.36. The SMILES string of the molecule is O=C(O)c1cnc(C(F)(F)F)nc1Oc1ccccc1. The first-order valence-electron chi connectivity index (χ1n) is 5.28. The Morgan fingerprint density at radius 1 is 1.20 bits per heavy atom. The number of hydrogen-bond donors (Lipinski definition) is 1. The number of para-hydroxylation sites is 1. The molecule has 0 saturated heterocycles. The number of carboxylic acid groups (broad SMARTS) is 1.